The number of aromatic amines is 1. The summed E-state index contributed by atoms with van der Waals surface area (Å²) in [5.41, 5.74) is 3.27. The van der Waals surface area contributed by atoms with Crippen LogP contribution in [0.2, 0.25) is 0 Å². The van der Waals surface area contributed by atoms with Crippen LogP contribution in [0, 0.1) is 0 Å². The first kappa shape index (κ1) is 11.0. The summed E-state index contributed by atoms with van der Waals surface area (Å²) in [7, 11) is 0. The minimum absolute atomic E-state index is 0.0297. The molecule has 3 nitrogen and oxygen atoms in total. The second-order valence-corrected chi connectivity index (χ2v) is 5.64. The molecule has 4 rings (SSSR count). The number of benzene rings is 1. The third-order valence-corrected chi connectivity index (χ3v) is 4.47. The van der Waals surface area contributed by atoms with E-state index in [-0.39, 0.29) is 11.0 Å². The molecule has 0 unspecified atom stereocenters. The fraction of sp³-hybridized carbons (Fsp3) is 0.375. The Balaban J connectivity index is 1.86. The Bertz CT molecular complexity index is 684. The van der Waals surface area contributed by atoms with Crippen molar-refractivity contribution in [3.63, 3.8) is 0 Å². The van der Waals surface area contributed by atoms with Crippen LogP contribution < -0.4 is 5.56 Å². The van der Waals surface area contributed by atoms with Crippen LogP contribution in [0.3, 0.4) is 0 Å². The Morgan fingerprint density at radius 1 is 1.11 bits per heavy atom. The molecule has 0 radical (unpaired) electrons. The molecule has 2 aliphatic carbocycles. The molecule has 3 heteroatoms. The lowest BCUT2D eigenvalue weighted by molar-refractivity contribution is 0.734. The smallest absolute Gasteiger partial charge is 0.254 e. The van der Waals surface area contributed by atoms with E-state index in [4.69, 9.17) is 4.98 Å². The zero-order valence-electron chi connectivity index (χ0n) is 10.8. The van der Waals surface area contributed by atoms with Gasteiger partial charge in [-0.05, 0) is 37.7 Å². The number of hydrogen-bond acceptors (Lipinski definition) is 2. The maximum Gasteiger partial charge on any atom is 0.254 e. The minimum Gasteiger partial charge on any atom is -0.310 e. The van der Waals surface area contributed by atoms with Gasteiger partial charge >= 0.3 is 0 Å². The molecule has 2 aromatic rings. The largest absolute Gasteiger partial charge is 0.310 e. The monoisotopic (exact) mass is 252 g/mol. The number of aromatic nitrogens is 2. The quantitative estimate of drug-likeness (QED) is 0.891. The highest BCUT2D eigenvalue weighted by atomic mass is 16.1. The second kappa shape index (κ2) is 3.80. The van der Waals surface area contributed by atoms with E-state index in [0.29, 0.717) is 0 Å². The van der Waals surface area contributed by atoms with E-state index < -0.39 is 0 Å². The van der Waals surface area contributed by atoms with Crippen molar-refractivity contribution in [3.05, 3.63) is 63.3 Å². The molecule has 1 aromatic carbocycles. The first-order valence-corrected chi connectivity index (χ1v) is 6.98. The lowest BCUT2D eigenvalue weighted by Gasteiger charge is -2.15. The van der Waals surface area contributed by atoms with E-state index in [1.807, 2.05) is 6.07 Å². The molecule has 0 bridgehead atoms. The van der Waals surface area contributed by atoms with E-state index >= 15 is 0 Å². The predicted octanol–water partition coefficient (Wildman–Crippen LogP) is 2.34. The molecule has 19 heavy (non-hydrogen) atoms. The van der Waals surface area contributed by atoms with Gasteiger partial charge in [-0.15, -0.1) is 0 Å². The maximum atomic E-state index is 12.1. The van der Waals surface area contributed by atoms with Crippen LogP contribution in [0.25, 0.3) is 0 Å². The first-order valence-electron chi connectivity index (χ1n) is 6.98. The number of H-pyrrole nitrogens is 1. The molecule has 96 valence electrons. The Labute approximate surface area is 111 Å². The van der Waals surface area contributed by atoms with Gasteiger partial charge < -0.3 is 4.98 Å². The Hall–Kier alpha value is -1.90. The van der Waals surface area contributed by atoms with Crippen molar-refractivity contribution in [3.8, 4) is 0 Å². The molecule has 0 spiro atoms. The van der Waals surface area contributed by atoms with Gasteiger partial charge in [0.05, 0.1) is 11.1 Å². The average Bonchev–Trinajstić information content (AvgIpc) is 3.12. The highest BCUT2D eigenvalue weighted by Crippen LogP contribution is 2.51. The number of aryl methyl sites for hydroxylation is 1. The summed E-state index contributed by atoms with van der Waals surface area (Å²) in [5.74, 6) is 0.879. The number of nitrogens with zero attached hydrogens (tertiary/aromatic N) is 1. The van der Waals surface area contributed by atoms with E-state index in [0.717, 1.165) is 49.2 Å². The average molecular weight is 252 g/mol. The molecular weight excluding hydrogens is 236 g/mol. The van der Waals surface area contributed by atoms with Crippen molar-refractivity contribution in [2.45, 2.75) is 37.5 Å². The van der Waals surface area contributed by atoms with Crippen LogP contribution >= 0.6 is 0 Å². The van der Waals surface area contributed by atoms with Gasteiger partial charge in [-0.25, -0.2) is 4.98 Å². The van der Waals surface area contributed by atoms with Gasteiger partial charge in [0.2, 0.25) is 0 Å². The Kier molecular flexibility index (Phi) is 2.19. The zero-order valence-corrected chi connectivity index (χ0v) is 10.8. The van der Waals surface area contributed by atoms with E-state index in [1.165, 1.54) is 5.56 Å². The summed E-state index contributed by atoms with van der Waals surface area (Å²) in [6.07, 6.45) is 5.07. The van der Waals surface area contributed by atoms with E-state index in [9.17, 15) is 4.79 Å². The van der Waals surface area contributed by atoms with Crippen molar-refractivity contribution in [2.75, 3.05) is 0 Å². The molecule has 0 saturated heterocycles. The van der Waals surface area contributed by atoms with Crippen LogP contribution in [-0.2, 0) is 18.3 Å². The highest BCUT2D eigenvalue weighted by Gasteiger charge is 2.48. The fourth-order valence-electron chi connectivity index (χ4n) is 3.21. The molecule has 1 aromatic heterocycles. The minimum atomic E-state index is -0.0297. The highest BCUT2D eigenvalue weighted by molar-refractivity contribution is 5.40. The third-order valence-electron chi connectivity index (χ3n) is 4.47. The summed E-state index contributed by atoms with van der Waals surface area (Å²) in [6.45, 7) is 0. The van der Waals surface area contributed by atoms with Gasteiger partial charge in [-0.3, -0.25) is 4.79 Å². The lowest BCUT2D eigenvalue weighted by atomic mass is 9.95. The molecule has 1 fully saturated rings. The summed E-state index contributed by atoms with van der Waals surface area (Å²) in [4.78, 5) is 20.0. The van der Waals surface area contributed by atoms with Crippen molar-refractivity contribution in [1.82, 2.24) is 9.97 Å². The lowest BCUT2D eigenvalue weighted by Crippen LogP contribution is -2.23. The van der Waals surface area contributed by atoms with Crippen LogP contribution in [0.5, 0.6) is 0 Å². The molecule has 2 aliphatic rings. The summed E-state index contributed by atoms with van der Waals surface area (Å²) in [6, 6.07) is 10.4. The SMILES string of the molecule is O=c1[nH]c(C2(c3ccccc3)CC2)nc2c1CCC2. The first-order chi connectivity index (χ1) is 9.29. The van der Waals surface area contributed by atoms with Crippen molar-refractivity contribution in [2.24, 2.45) is 0 Å². The molecule has 0 amide bonds. The molecule has 1 heterocycles. The van der Waals surface area contributed by atoms with E-state index in [2.05, 4.69) is 29.2 Å². The molecule has 0 atom stereocenters. The van der Waals surface area contributed by atoms with Gasteiger partial charge in [-0.1, -0.05) is 30.3 Å². The van der Waals surface area contributed by atoms with Gasteiger partial charge in [0.1, 0.15) is 5.82 Å². The maximum absolute atomic E-state index is 12.1. The Morgan fingerprint density at radius 2 is 1.89 bits per heavy atom. The number of nitrogens with one attached hydrogen (secondary N) is 1. The van der Waals surface area contributed by atoms with Crippen LogP contribution in [-0.4, -0.2) is 9.97 Å². The van der Waals surface area contributed by atoms with E-state index in [1.54, 1.807) is 0 Å². The van der Waals surface area contributed by atoms with Crippen molar-refractivity contribution < 1.29 is 0 Å². The van der Waals surface area contributed by atoms with Crippen LogP contribution in [0.15, 0.2) is 35.1 Å². The fourth-order valence-corrected chi connectivity index (χ4v) is 3.21. The molecule has 1 N–H and O–H groups in total. The summed E-state index contributed by atoms with van der Waals surface area (Å²) in [5, 5.41) is 0. The van der Waals surface area contributed by atoms with Crippen LogP contribution in [0.1, 0.15) is 41.9 Å². The van der Waals surface area contributed by atoms with Crippen molar-refractivity contribution in [1.29, 1.82) is 0 Å². The number of hydrogen-bond donors (Lipinski definition) is 1. The second-order valence-electron chi connectivity index (χ2n) is 5.64. The zero-order chi connectivity index (χ0) is 12.9. The molecule has 0 aliphatic heterocycles. The van der Waals surface area contributed by atoms with Crippen molar-refractivity contribution >= 4 is 0 Å². The summed E-state index contributed by atoms with van der Waals surface area (Å²) >= 11 is 0. The Morgan fingerprint density at radius 3 is 2.63 bits per heavy atom. The summed E-state index contributed by atoms with van der Waals surface area (Å²) < 4.78 is 0. The van der Waals surface area contributed by atoms with Crippen LogP contribution in [0.4, 0.5) is 0 Å². The normalized spacial score (nSPS) is 19.2. The van der Waals surface area contributed by atoms with Gasteiger partial charge in [0.25, 0.3) is 5.56 Å². The predicted molar refractivity (Wildman–Crippen MR) is 73.3 cm³/mol. The number of rotatable bonds is 2. The van der Waals surface area contributed by atoms with Gasteiger partial charge in [0, 0.05) is 5.56 Å². The number of fused-ring (bicyclic) bond motifs is 1. The molecule has 1 saturated carbocycles. The van der Waals surface area contributed by atoms with Gasteiger partial charge in [0.15, 0.2) is 0 Å². The molecular formula is C16H16N2O. The standard InChI is InChI=1S/C16H16N2O/c19-14-12-7-4-8-13(12)17-15(18-14)16(9-10-16)11-5-2-1-3-6-11/h1-3,5-6H,4,7-10H2,(H,17,18,19). The third kappa shape index (κ3) is 1.57. The van der Waals surface area contributed by atoms with Gasteiger partial charge in [-0.2, -0.15) is 0 Å². The topological polar surface area (TPSA) is 45.8 Å².